The average molecular weight is 336 g/mol. The fourth-order valence-corrected chi connectivity index (χ4v) is 3.49. The van der Waals surface area contributed by atoms with E-state index in [0.717, 1.165) is 33.7 Å². The molecule has 0 amide bonds. The highest BCUT2D eigenvalue weighted by molar-refractivity contribution is 7.14. The Morgan fingerprint density at radius 2 is 1.27 bits per heavy atom. The molecule has 22 heavy (non-hydrogen) atoms. The van der Waals surface area contributed by atoms with Gasteiger partial charge in [0.2, 0.25) is 0 Å². The Morgan fingerprint density at radius 1 is 0.864 bits per heavy atom. The topological polar surface area (TPSA) is 65.2 Å². The number of aromatic hydroxyl groups is 2. The van der Waals surface area contributed by atoms with E-state index in [0.29, 0.717) is 23.2 Å². The second kappa shape index (κ2) is 8.10. The van der Waals surface area contributed by atoms with Crippen molar-refractivity contribution < 1.29 is 10.2 Å². The van der Waals surface area contributed by atoms with Crippen LogP contribution in [-0.4, -0.2) is 35.7 Å². The van der Waals surface area contributed by atoms with Crippen molar-refractivity contribution >= 4 is 35.1 Å². The normalized spacial score (nSPS) is 11.9. The number of aryl methyl sites for hydroxylation is 2. The predicted molar refractivity (Wildman–Crippen MR) is 95.6 cm³/mol. The maximum Gasteiger partial charge on any atom is 0.180 e. The second-order valence-electron chi connectivity index (χ2n) is 4.72. The molecule has 0 aliphatic carbocycles. The molecule has 2 N–H and O–H groups in total. The smallest absolute Gasteiger partial charge is 0.180 e. The highest BCUT2D eigenvalue weighted by atomic mass is 32.1. The van der Waals surface area contributed by atoms with Crippen LogP contribution in [0.15, 0.2) is 22.1 Å². The van der Waals surface area contributed by atoms with Crippen LogP contribution in [0.5, 0.6) is 10.1 Å². The second-order valence-corrected chi connectivity index (χ2v) is 6.95. The van der Waals surface area contributed by atoms with Gasteiger partial charge in [-0.15, -0.1) is 22.7 Å². The molecule has 0 radical (unpaired) electrons. The van der Waals surface area contributed by atoms with Gasteiger partial charge in [0.15, 0.2) is 10.1 Å². The SMILES string of the molecule is CCc1cc(C=NCCN=Cc2cc(CC)sc2O)c(O)s1. The molecule has 0 spiro atoms. The van der Waals surface area contributed by atoms with Crippen LogP contribution >= 0.6 is 22.7 Å². The number of aliphatic imine (C=N–C) groups is 2. The van der Waals surface area contributed by atoms with Gasteiger partial charge >= 0.3 is 0 Å². The van der Waals surface area contributed by atoms with Crippen molar-refractivity contribution in [1.82, 2.24) is 0 Å². The van der Waals surface area contributed by atoms with Crippen molar-refractivity contribution in [3.05, 3.63) is 33.0 Å². The van der Waals surface area contributed by atoms with Crippen LogP contribution in [0.2, 0.25) is 0 Å². The summed E-state index contributed by atoms with van der Waals surface area (Å²) in [4.78, 5) is 10.8. The van der Waals surface area contributed by atoms with E-state index in [9.17, 15) is 10.2 Å². The van der Waals surface area contributed by atoms with Crippen LogP contribution in [0.25, 0.3) is 0 Å². The van der Waals surface area contributed by atoms with E-state index in [-0.39, 0.29) is 0 Å². The van der Waals surface area contributed by atoms with Crippen LogP contribution in [0.4, 0.5) is 0 Å². The summed E-state index contributed by atoms with van der Waals surface area (Å²) in [6, 6.07) is 3.92. The van der Waals surface area contributed by atoms with Crippen molar-refractivity contribution in [2.24, 2.45) is 9.98 Å². The van der Waals surface area contributed by atoms with E-state index in [2.05, 4.69) is 23.8 Å². The van der Waals surface area contributed by atoms with Crippen LogP contribution < -0.4 is 0 Å². The number of hydrogen-bond acceptors (Lipinski definition) is 6. The molecule has 2 rings (SSSR count). The van der Waals surface area contributed by atoms with Gasteiger partial charge in [0.05, 0.1) is 13.1 Å². The first-order valence-electron chi connectivity index (χ1n) is 7.27. The Kier molecular flexibility index (Phi) is 6.15. The molecule has 0 saturated heterocycles. The predicted octanol–water partition coefficient (Wildman–Crippen LogP) is 3.88. The molecule has 2 aromatic rings. The third-order valence-corrected chi connectivity index (χ3v) is 5.29. The lowest BCUT2D eigenvalue weighted by Gasteiger charge is -1.91. The summed E-state index contributed by atoms with van der Waals surface area (Å²) in [7, 11) is 0. The Labute approximate surface area is 138 Å². The van der Waals surface area contributed by atoms with E-state index in [1.165, 1.54) is 22.7 Å². The summed E-state index contributed by atoms with van der Waals surface area (Å²) in [6.07, 6.45) is 5.22. The third-order valence-electron chi connectivity index (χ3n) is 3.10. The Hall–Kier alpha value is -1.66. The Bertz CT molecular complexity index is 613. The van der Waals surface area contributed by atoms with Gasteiger partial charge < -0.3 is 10.2 Å². The molecule has 0 unspecified atom stereocenters. The van der Waals surface area contributed by atoms with Crippen LogP contribution in [-0.2, 0) is 12.8 Å². The minimum Gasteiger partial charge on any atom is -0.499 e. The number of rotatable bonds is 7. The zero-order valence-corrected chi connectivity index (χ0v) is 14.4. The highest BCUT2D eigenvalue weighted by Gasteiger charge is 2.04. The third kappa shape index (κ3) is 4.42. The molecule has 0 bridgehead atoms. The summed E-state index contributed by atoms with van der Waals surface area (Å²) in [6.45, 7) is 5.23. The first kappa shape index (κ1) is 16.7. The summed E-state index contributed by atoms with van der Waals surface area (Å²) < 4.78 is 0. The van der Waals surface area contributed by atoms with Gasteiger partial charge in [0.25, 0.3) is 0 Å². The molecule has 0 saturated carbocycles. The summed E-state index contributed by atoms with van der Waals surface area (Å²) in [5, 5.41) is 20.1. The van der Waals surface area contributed by atoms with E-state index < -0.39 is 0 Å². The van der Waals surface area contributed by atoms with Crippen molar-refractivity contribution in [2.45, 2.75) is 26.7 Å². The van der Waals surface area contributed by atoms with Gasteiger partial charge in [0.1, 0.15) is 0 Å². The molecule has 4 nitrogen and oxygen atoms in total. The molecule has 0 aliphatic heterocycles. The molecule has 2 aromatic heterocycles. The van der Waals surface area contributed by atoms with Crippen LogP contribution in [0.1, 0.15) is 34.7 Å². The fraction of sp³-hybridized carbons (Fsp3) is 0.375. The molecule has 2 heterocycles. The molecule has 6 heteroatoms. The minimum atomic E-state index is 0.319. The number of hydrogen-bond donors (Lipinski definition) is 2. The zero-order chi connectivity index (χ0) is 15.9. The molecular weight excluding hydrogens is 316 g/mol. The summed E-state index contributed by atoms with van der Waals surface area (Å²) >= 11 is 2.79. The quantitative estimate of drug-likeness (QED) is 0.595. The van der Waals surface area contributed by atoms with Gasteiger partial charge in [-0.2, -0.15) is 0 Å². The first-order chi connectivity index (χ1) is 10.6. The first-order valence-corrected chi connectivity index (χ1v) is 8.90. The average Bonchev–Trinajstić information content (AvgIpc) is 3.05. The largest absolute Gasteiger partial charge is 0.499 e. The van der Waals surface area contributed by atoms with Crippen molar-refractivity contribution in [3.63, 3.8) is 0 Å². The standard InChI is InChI=1S/C16H20N2O2S2/c1-3-13-7-11(15(19)21-13)9-17-5-6-18-10-12-8-14(4-2)22-16(12)20/h7-10,19-20H,3-6H2,1-2H3. The number of thiophene rings is 2. The van der Waals surface area contributed by atoms with Gasteiger partial charge in [-0.1, -0.05) is 13.8 Å². The molecule has 0 aliphatic rings. The maximum absolute atomic E-state index is 9.74. The van der Waals surface area contributed by atoms with E-state index in [1.54, 1.807) is 12.4 Å². The lowest BCUT2D eigenvalue weighted by atomic mass is 10.3. The lowest BCUT2D eigenvalue weighted by molar-refractivity contribution is 0.489. The van der Waals surface area contributed by atoms with Gasteiger partial charge in [-0.3, -0.25) is 9.98 Å². The lowest BCUT2D eigenvalue weighted by Crippen LogP contribution is -1.89. The fourth-order valence-electron chi connectivity index (χ4n) is 1.87. The van der Waals surface area contributed by atoms with Crippen LogP contribution in [0, 0.1) is 0 Å². The van der Waals surface area contributed by atoms with E-state index in [4.69, 9.17) is 0 Å². The Morgan fingerprint density at radius 3 is 1.59 bits per heavy atom. The van der Waals surface area contributed by atoms with Crippen LogP contribution in [0.3, 0.4) is 0 Å². The van der Waals surface area contributed by atoms with Crippen molar-refractivity contribution in [3.8, 4) is 10.1 Å². The molecule has 0 aromatic carbocycles. The van der Waals surface area contributed by atoms with Gasteiger partial charge in [-0.05, 0) is 25.0 Å². The molecular formula is C16H20N2O2S2. The Balaban J connectivity index is 1.83. The monoisotopic (exact) mass is 336 g/mol. The van der Waals surface area contributed by atoms with E-state index >= 15 is 0 Å². The molecule has 0 atom stereocenters. The van der Waals surface area contributed by atoms with Gasteiger partial charge in [-0.25, -0.2) is 0 Å². The zero-order valence-electron chi connectivity index (χ0n) is 12.7. The number of nitrogens with zero attached hydrogens (tertiary/aromatic N) is 2. The summed E-state index contributed by atoms with van der Waals surface area (Å²) in [5.41, 5.74) is 1.54. The van der Waals surface area contributed by atoms with Crippen molar-refractivity contribution in [1.29, 1.82) is 0 Å². The molecule has 0 fully saturated rings. The van der Waals surface area contributed by atoms with Crippen molar-refractivity contribution in [2.75, 3.05) is 13.1 Å². The minimum absolute atomic E-state index is 0.319. The summed E-state index contributed by atoms with van der Waals surface area (Å²) in [5.74, 6) is 0. The highest BCUT2D eigenvalue weighted by Crippen LogP contribution is 2.28. The molecule has 118 valence electrons. The maximum atomic E-state index is 9.74. The van der Waals surface area contributed by atoms with E-state index in [1.807, 2.05) is 12.1 Å². The van der Waals surface area contributed by atoms with Gasteiger partial charge in [0, 0.05) is 33.3 Å².